The predicted molar refractivity (Wildman–Crippen MR) is 582 cm³/mol. The lowest BCUT2D eigenvalue weighted by molar-refractivity contribution is 0.949. The number of para-hydroxylation sites is 6. The van der Waals surface area contributed by atoms with Crippen LogP contribution >= 0.6 is 0 Å². The number of fused-ring (bicyclic) bond motifs is 21. The summed E-state index contributed by atoms with van der Waals surface area (Å²) in [7, 11) is 0. The molecule has 0 amide bonds. The third-order valence-electron chi connectivity index (χ3n) is 27.0. The Balaban J connectivity index is 0.000000109. The number of nitrogens with zero attached hydrogens (tertiary/aromatic N) is 18. The van der Waals surface area contributed by atoms with E-state index in [0.29, 0.717) is 47.1 Å². The molecular weight excluding hydrogens is 1770 g/mol. The van der Waals surface area contributed by atoms with Gasteiger partial charge < -0.3 is 0 Å². The van der Waals surface area contributed by atoms with Crippen molar-refractivity contribution in [3.8, 4) is 126 Å². The Kier molecular flexibility index (Phi) is 20.4. The molecule has 29 aromatic rings. The lowest BCUT2D eigenvalue weighted by atomic mass is 10.1. The summed E-state index contributed by atoms with van der Waals surface area (Å²) in [5.41, 5.74) is 23.6. The van der Waals surface area contributed by atoms with E-state index in [-0.39, 0.29) is 0 Å². The molecule has 0 bridgehead atoms. The molecule has 0 fully saturated rings. The molecule has 674 valence electrons. The normalized spacial score (nSPS) is 11.6. The molecule has 17 aromatic carbocycles. The van der Waals surface area contributed by atoms with Crippen LogP contribution in [0.25, 0.3) is 257 Å². The summed E-state index contributed by atoms with van der Waals surface area (Å²) in [6, 6.07) is 162. The molecule has 144 heavy (non-hydrogen) atoms. The average molecular weight is 1850 g/mol. The van der Waals surface area contributed by atoms with Gasteiger partial charge in [-0.3, -0.25) is 27.4 Å². The Morgan fingerprint density at radius 2 is 0.312 bits per heavy atom. The fourth-order valence-electron chi connectivity index (χ4n) is 20.7. The highest BCUT2D eigenvalue weighted by Crippen LogP contribution is 2.47. The summed E-state index contributed by atoms with van der Waals surface area (Å²) in [6.07, 6.45) is 3.69. The second kappa shape index (κ2) is 35.2. The van der Waals surface area contributed by atoms with Gasteiger partial charge in [0.2, 0.25) is 23.8 Å². The zero-order valence-electron chi connectivity index (χ0n) is 77.2. The molecule has 0 saturated heterocycles. The van der Waals surface area contributed by atoms with Gasteiger partial charge >= 0.3 is 0 Å². The van der Waals surface area contributed by atoms with Crippen LogP contribution in [0.4, 0.5) is 0 Å². The molecule has 0 aliphatic rings. The number of pyridine rings is 2. The molecule has 0 radical (unpaired) electrons. The van der Waals surface area contributed by atoms with Crippen LogP contribution < -0.4 is 0 Å². The van der Waals surface area contributed by atoms with Gasteiger partial charge in [0.15, 0.2) is 23.3 Å². The van der Waals surface area contributed by atoms with E-state index in [1.54, 1.807) is 0 Å². The Morgan fingerprint density at radius 3 is 0.528 bits per heavy atom. The Morgan fingerprint density at radius 1 is 0.132 bits per heavy atom. The van der Waals surface area contributed by atoms with Crippen molar-refractivity contribution in [3.63, 3.8) is 0 Å². The molecule has 0 saturated carbocycles. The summed E-state index contributed by atoms with van der Waals surface area (Å²) in [5, 5.41) is 13.5. The maximum atomic E-state index is 5.34. The average Bonchev–Trinajstić information content (AvgIpc) is 1.54. The third-order valence-corrected chi connectivity index (χ3v) is 27.0. The number of hydrogen-bond acceptors (Lipinski definition) is 12. The van der Waals surface area contributed by atoms with Gasteiger partial charge in [-0.1, -0.05) is 400 Å². The Bertz CT molecular complexity index is 9190. The Labute approximate surface area is 824 Å². The van der Waals surface area contributed by atoms with Crippen molar-refractivity contribution < 1.29 is 0 Å². The monoisotopic (exact) mass is 1840 g/mol. The quantitative estimate of drug-likeness (QED) is 0.100. The number of benzene rings is 17. The van der Waals surface area contributed by atoms with Crippen molar-refractivity contribution in [2.45, 2.75) is 0 Å². The van der Waals surface area contributed by atoms with E-state index in [1.807, 2.05) is 207 Å². The highest BCUT2D eigenvalue weighted by Gasteiger charge is 2.30. The first-order valence-electron chi connectivity index (χ1n) is 47.9. The summed E-state index contributed by atoms with van der Waals surface area (Å²) in [5.74, 6) is 6.45. The summed E-state index contributed by atoms with van der Waals surface area (Å²) in [4.78, 5) is 61.6. The topological polar surface area (TPSA) is 184 Å². The van der Waals surface area contributed by atoms with Crippen LogP contribution in [-0.2, 0) is 0 Å². The fourth-order valence-corrected chi connectivity index (χ4v) is 20.7. The van der Waals surface area contributed by atoms with Crippen LogP contribution in [0.3, 0.4) is 0 Å². The van der Waals surface area contributed by atoms with Crippen molar-refractivity contribution in [2.24, 2.45) is 0 Å². The zero-order chi connectivity index (χ0) is 95.1. The highest BCUT2D eigenvalue weighted by atomic mass is 15.2. The predicted octanol–water partition coefficient (Wildman–Crippen LogP) is 29.7. The van der Waals surface area contributed by atoms with E-state index in [1.165, 1.54) is 5.39 Å². The minimum Gasteiger partial charge on any atom is -0.292 e. The van der Waals surface area contributed by atoms with Crippen LogP contribution in [0.1, 0.15) is 0 Å². The SMILES string of the molecule is c1ccc(-c2cc(-c3ccccc3)nc(-n3c4ccccc4c4ccc5c6ccccc6n(-c6ccccn6)c5c43)n2)cc1.c1ccc(-c2cc(-c3ccccc3)nc(-n3c4ccccc4c4ccc5c6ccccc6n(-c6nc(-c7ccccc7)nc(-c7ccccc7)n6)c5c43)n2)cc1.c1ccc(-c2nc(-c3ccccc3)nc(-n3c4ccccc4c4ccc5c6ccccc6n(-c6ccccn6)c5c43)n2)cc1. The Hall–Kier alpha value is -20.0. The smallest absolute Gasteiger partial charge is 0.238 e. The number of hydrogen-bond donors (Lipinski definition) is 0. The molecule has 0 aliphatic heterocycles. The van der Waals surface area contributed by atoms with Crippen LogP contribution in [-0.4, -0.2) is 87.2 Å². The second-order valence-electron chi connectivity index (χ2n) is 35.4. The van der Waals surface area contributed by atoms with E-state index in [0.717, 1.165) is 204 Å². The molecule has 0 spiro atoms. The number of rotatable bonds is 14. The van der Waals surface area contributed by atoms with Crippen LogP contribution in [0.15, 0.2) is 486 Å². The molecule has 29 rings (SSSR count). The van der Waals surface area contributed by atoms with Crippen LogP contribution in [0.5, 0.6) is 0 Å². The van der Waals surface area contributed by atoms with Gasteiger partial charge in [-0.05, 0) is 72.8 Å². The minimum absolute atomic E-state index is 0.525. The minimum atomic E-state index is 0.525. The molecular formula is C126H80N18. The first-order chi connectivity index (χ1) is 71.5. The molecule has 12 heterocycles. The fraction of sp³-hybridized carbons (Fsp3) is 0. The molecule has 12 aromatic heterocycles. The van der Waals surface area contributed by atoms with Crippen molar-refractivity contribution in [1.82, 2.24) is 87.2 Å². The zero-order valence-corrected chi connectivity index (χ0v) is 77.2. The second-order valence-corrected chi connectivity index (χ2v) is 35.4. The maximum Gasteiger partial charge on any atom is 0.238 e. The number of aromatic nitrogens is 18. The summed E-state index contributed by atoms with van der Waals surface area (Å²) >= 11 is 0. The first-order valence-corrected chi connectivity index (χ1v) is 47.9. The van der Waals surface area contributed by atoms with Crippen molar-refractivity contribution in [1.29, 1.82) is 0 Å². The summed E-state index contributed by atoms with van der Waals surface area (Å²) < 4.78 is 13.4. The van der Waals surface area contributed by atoms with Crippen molar-refractivity contribution in [3.05, 3.63) is 486 Å². The first kappa shape index (κ1) is 83.4. The standard InChI is InChI=1S/C49H31N7.C39H25N5.C38H24N6/c1-5-17-32(18-6-1)40-31-41(33-19-7-2-8-20-33)51-48(50-40)55-42-27-15-13-25-36(42)38-29-30-39-37-26-14-16-28-43(37)56(45(39)44(38)55)49-53-46(34-21-9-3-10-22-34)52-47(54-49)35-23-11-4-12-24-35;1-3-13-26(14-4-1)32-25-33(27-15-5-2-6-16-27)42-39(41-32)44-35-20-10-8-18-29(35)31-23-22-30-28-17-7-9-19-34(28)43(37(30)38(31)44)36-21-11-12-24-40-36;1-3-13-25(14-4-1)36-40-37(26-15-5-2-6-16-26)42-38(41-36)44-32-20-10-8-18-28(32)30-23-22-29-27-17-7-9-19-31(27)43(34(29)35(30)44)33-21-11-12-24-39-33/h1-31H;1-25H;1-24H. The largest absolute Gasteiger partial charge is 0.292 e. The van der Waals surface area contributed by atoms with E-state index >= 15 is 0 Å². The van der Waals surface area contributed by atoms with Crippen LogP contribution in [0, 0.1) is 0 Å². The third kappa shape index (κ3) is 14.3. The van der Waals surface area contributed by atoms with E-state index < -0.39 is 0 Å². The van der Waals surface area contributed by atoms with E-state index in [2.05, 4.69) is 306 Å². The van der Waals surface area contributed by atoms with Crippen molar-refractivity contribution >= 4 is 131 Å². The van der Waals surface area contributed by atoms with Gasteiger partial charge in [-0.15, -0.1) is 0 Å². The van der Waals surface area contributed by atoms with Crippen molar-refractivity contribution in [2.75, 3.05) is 0 Å². The van der Waals surface area contributed by atoms with Gasteiger partial charge in [0.1, 0.15) is 11.6 Å². The molecule has 0 atom stereocenters. The van der Waals surface area contributed by atoms with Gasteiger partial charge in [-0.2, -0.15) is 19.9 Å². The van der Waals surface area contributed by atoms with Gasteiger partial charge in [-0.25, -0.2) is 39.9 Å². The van der Waals surface area contributed by atoms with Gasteiger partial charge in [0.25, 0.3) is 0 Å². The molecule has 0 unspecified atom stereocenters. The van der Waals surface area contributed by atoms with Gasteiger partial charge in [0, 0.05) is 122 Å². The summed E-state index contributed by atoms with van der Waals surface area (Å²) in [6.45, 7) is 0. The van der Waals surface area contributed by atoms with Gasteiger partial charge in [0.05, 0.1) is 89.0 Å². The van der Waals surface area contributed by atoms with Crippen LogP contribution in [0.2, 0.25) is 0 Å². The molecule has 0 aliphatic carbocycles. The molecule has 0 N–H and O–H groups in total. The lowest BCUT2D eigenvalue weighted by Gasteiger charge is -2.14. The van der Waals surface area contributed by atoms with E-state index in [4.69, 9.17) is 59.8 Å². The van der Waals surface area contributed by atoms with E-state index in [9.17, 15) is 0 Å². The molecule has 18 heteroatoms. The lowest BCUT2D eigenvalue weighted by Crippen LogP contribution is -2.08. The molecule has 18 nitrogen and oxygen atoms in total. The highest BCUT2D eigenvalue weighted by molar-refractivity contribution is 6.27. The maximum absolute atomic E-state index is 5.34.